The lowest BCUT2D eigenvalue weighted by molar-refractivity contribution is -0.144. The fourth-order valence-corrected chi connectivity index (χ4v) is 3.73. The summed E-state index contributed by atoms with van der Waals surface area (Å²) < 4.78 is 5.40. The normalized spacial score (nSPS) is 21.2. The second-order valence-electron chi connectivity index (χ2n) is 6.31. The SMILES string of the molecule is O=C1O[C@H](N2C(=O)CC[C@H]2C(=O)Nc2cc(Cl)ccc2Cl)c2ccccc21. The minimum atomic E-state index is -0.908. The van der Waals surface area contributed by atoms with Crippen LogP contribution in [-0.4, -0.2) is 28.7 Å². The number of anilines is 1. The van der Waals surface area contributed by atoms with Crippen molar-refractivity contribution in [3.63, 3.8) is 0 Å². The summed E-state index contributed by atoms with van der Waals surface area (Å²) in [6.07, 6.45) is -0.398. The predicted molar refractivity (Wildman–Crippen MR) is 99.6 cm³/mol. The highest BCUT2D eigenvalue weighted by atomic mass is 35.5. The molecule has 2 heterocycles. The maximum atomic E-state index is 12.8. The van der Waals surface area contributed by atoms with Crippen molar-refractivity contribution in [3.05, 3.63) is 63.6 Å². The van der Waals surface area contributed by atoms with Crippen molar-refractivity contribution in [1.82, 2.24) is 4.90 Å². The quantitative estimate of drug-likeness (QED) is 0.789. The zero-order valence-electron chi connectivity index (χ0n) is 13.9. The third-order valence-electron chi connectivity index (χ3n) is 4.66. The van der Waals surface area contributed by atoms with Gasteiger partial charge in [0.25, 0.3) is 0 Å². The molecule has 0 unspecified atom stereocenters. The van der Waals surface area contributed by atoms with Gasteiger partial charge in [-0.3, -0.25) is 14.5 Å². The number of ether oxygens (including phenoxy) is 1. The molecule has 0 bridgehead atoms. The van der Waals surface area contributed by atoms with E-state index in [0.29, 0.717) is 33.3 Å². The van der Waals surface area contributed by atoms with Crippen LogP contribution in [0.2, 0.25) is 10.0 Å². The Bertz CT molecular complexity index is 962. The van der Waals surface area contributed by atoms with E-state index in [1.807, 2.05) is 0 Å². The van der Waals surface area contributed by atoms with E-state index in [1.54, 1.807) is 36.4 Å². The van der Waals surface area contributed by atoms with E-state index in [4.69, 9.17) is 27.9 Å². The molecule has 2 aromatic carbocycles. The molecule has 8 heteroatoms. The first-order chi connectivity index (χ1) is 13.0. The van der Waals surface area contributed by atoms with E-state index in [0.717, 1.165) is 0 Å². The molecule has 2 atom stereocenters. The summed E-state index contributed by atoms with van der Waals surface area (Å²) in [4.78, 5) is 38.7. The molecule has 0 radical (unpaired) electrons. The molecule has 27 heavy (non-hydrogen) atoms. The fraction of sp³-hybridized carbons (Fsp3) is 0.211. The van der Waals surface area contributed by atoms with E-state index in [9.17, 15) is 14.4 Å². The topological polar surface area (TPSA) is 75.7 Å². The summed E-state index contributed by atoms with van der Waals surface area (Å²) >= 11 is 12.1. The number of hydrogen-bond acceptors (Lipinski definition) is 4. The number of rotatable bonds is 3. The van der Waals surface area contributed by atoms with Crippen LogP contribution in [0, 0.1) is 0 Å². The van der Waals surface area contributed by atoms with Crippen LogP contribution < -0.4 is 5.32 Å². The number of cyclic esters (lactones) is 1. The molecule has 1 fully saturated rings. The molecule has 2 aliphatic heterocycles. The van der Waals surface area contributed by atoms with Crippen LogP contribution in [0.3, 0.4) is 0 Å². The first-order valence-corrected chi connectivity index (χ1v) is 9.08. The van der Waals surface area contributed by atoms with Crippen LogP contribution in [0.25, 0.3) is 0 Å². The second-order valence-corrected chi connectivity index (χ2v) is 7.16. The molecule has 138 valence electrons. The zero-order chi connectivity index (χ0) is 19.1. The van der Waals surface area contributed by atoms with Gasteiger partial charge in [0.05, 0.1) is 16.3 Å². The Labute approximate surface area is 165 Å². The molecule has 2 amide bonds. The first kappa shape index (κ1) is 17.8. The summed E-state index contributed by atoms with van der Waals surface area (Å²) in [6, 6.07) is 10.8. The van der Waals surface area contributed by atoms with E-state index >= 15 is 0 Å². The van der Waals surface area contributed by atoms with Crippen LogP contribution in [0.1, 0.15) is 35.0 Å². The van der Waals surface area contributed by atoms with Gasteiger partial charge in [0.1, 0.15) is 6.04 Å². The van der Waals surface area contributed by atoms with Crippen molar-refractivity contribution in [1.29, 1.82) is 0 Å². The molecular formula is C19H14Cl2N2O4. The third kappa shape index (κ3) is 3.15. The van der Waals surface area contributed by atoms with Gasteiger partial charge in [-0.25, -0.2) is 4.79 Å². The molecule has 0 aromatic heterocycles. The van der Waals surface area contributed by atoms with Gasteiger partial charge in [0.2, 0.25) is 18.0 Å². The van der Waals surface area contributed by atoms with Gasteiger partial charge in [-0.15, -0.1) is 0 Å². The predicted octanol–water partition coefficient (Wildman–Crippen LogP) is 3.79. The maximum Gasteiger partial charge on any atom is 0.340 e. The summed E-state index contributed by atoms with van der Waals surface area (Å²) in [5.74, 6) is -1.17. The Hall–Kier alpha value is -2.57. The lowest BCUT2D eigenvalue weighted by Crippen LogP contribution is -2.43. The van der Waals surface area contributed by atoms with E-state index in [-0.39, 0.29) is 12.3 Å². The molecule has 2 aliphatic rings. The summed E-state index contributed by atoms with van der Waals surface area (Å²) in [5, 5.41) is 3.47. The van der Waals surface area contributed by atoms with Gasteiger partial charge in [0.15, 0.2) is 0 Å². The number of amides is 2. The van der Waals surface area contributed by atoms with Crippen LogP contribution in [0.4, 0.5) is 5.69 Å². The van der Waals surface area contributed by atoms with Gasteiger partial charge in [-0.1, -0.05) is 41.4 Å². The summed E-state index contributed by atoms with van der Waals surface area (Å²) in [7, 11) is 0. The fourth-order valence-electron chi connectivity index (χ4n) is 3.40. The van der Waals surface area contributed by atoms with Crippen LogP contribution in [0.15, 0.2) is 42.5 Å². The summed E-state index contributed by atoms with van der Waals surface area (Å²) in [6.45, 7) is 0. The van der Waals surface area contributed by atoms with Gasteiger partial charge >= 0.3 is 5.97 Å². The van der Waals surface area contributed by atoms with Gasteiger partial charge in [-0.05, 0) is 30.7 Å². The number of likely N-dealkylation sites (tertiary alicyclic amines) is 1. The minimum Gasteiger partial charge on any atom is -0.433 e. The van der Waals surface area contributed by atoms with Crippen molar-refractivity contribution >= 4 is 46.7 Å². The molecule has 2 aromatic rings. The standard InChI is InChI=1S/C19H14Cl2N2O4/c20-10-5-6-13(21)14(9-10)22-17(25)15-7-8-16(24)23(15)18-11-3-1-2-4-12(11)19(26)27-18/h1-6,9,15,18H,7-8H2,(H,22,25)/t15-,18-/m0/s1. The summed E-state index contributed by atoms with van der Waals surface area (Å²) in [5.41, 5.74) is 1.34. The Balaban J connectivity index is 1.62. The third-order valence-corrected chi connectivity index (χ3v) is 5.23. The number of esters is 1. The van der Waals surface area contributed by atoms with Crippen molar-refractivity contribution in [2.75, 3.05) is 5.32 Å². The molecular weight excluding hydrogens is 391 g/mol. The van der Waals surface area contributed by atoms with Crippen molar-refractivity contribution in [3.8, 4) is 0 Å². The monoisotopic (exact) mass is 404 g/mol. The number of carbonyl (C=O) groups is 3. The van der Waals surface area contributed by atoms with Crippen LogP contribution >= 0.6 is 23.2 Å². The molecule has 0 aliphatic carbocycles. The number of hydrogen-bond donors (Lipinski definition) is 1. The molecule has 4 rings (SSSR count). The number of carbonyl (C=O) groups excluding carboxylic acids is 3. The van der Waals surface area contributed by atoms with Crippen LogP contribution in [-0.2, 0) is 14.3 Å². The number of benzene rings is 2. The highest BCUT2D eigenvalue weighted by molar-refractivity contribution is 6.35. The van der Waals surface area contributed by atoms with E-state index in [1.165, 1.54) is 11.0 Å². The van der Waals surface area contributed by atoms with Gasteiger partial charge in [0, 0.05) is 17.0 Å². The lowest BCUT2D eigenvalue weighted by Gasteiger charge is -2.29. The molecule has 0 spiro atoms. The Kier molecular flexibility index (Phi) is 4.53. The van der Waals surface area contributed by atoms with Crippen molar-refractivity contribution in [2.24, 2.45) is 0 Å². The molecule has 6 nitrogen and oxygen atoms in total. The van der Waals surface area contributed by atoms with E-state index < -0.39 is 24.1 Å². The maximum absolute atomic E-state index is 12.8. The van der Waals surface area contributed by atoms with Gasteiger partial charge < -0.3 is 10.1 Å². The van der Waals surface area contributed by atoms with Crippen LogP contribution in [0.5, 0.6) is 0 Å². The highest BCUT2D eigenvalue weighted by Gasteiger charge is 2.46. The second kappa shape index (κ2) is 6.87. The van der Waals surface area contributed by atoms with Gasteiger partial charge in [-0.2, -0.15) is 0 Å². The minimum absolute atomic E-state index is 0.192. The first-order valence-electron chi connectivity index (χ1n) is 8.32. The molecule has 1 saturated heterocycles. The molecule has 1 N–H and O–H groups in total. The van der Waals surface area contributed by atoms with E-state index in [2.05, 4.69) is 5.32 Å². The van der Waals surface area contributed by atoms with Crippen molar-refractivity contribution in [2.45, 2.75) is 25.1 Å². The van der Waals surface area contributed by atoms with Crippen molar-refractivity contribution < 1.29 is 19.1 Å². The Morgan fingerprint density at radius 3 is 2.74 bits per heavy atom. The number of nitrogens with one attached hydrogen (secondary N) is 1. The average molecular weight is 405 g/mol. The lowest BCUT2D eigenvalue weighted by atomic mass is 10.1. The molecule has 0 saturated carbocycles. The Morgan fingerprint density at radius 2 is 1.93 bits per heavy atom. The Morgan fingerprint density at radius 1 is 1.15 bits per heavy atom. The highest BCUT2D eigenvalue weighted by Crippen LogP contribution is 2.38. The average Bonchev–Trinajstić information content (AvgIpc) is 3.18. The zero-order valence-corrected chi connectivity index (χ0v) is 15.5. The number of halogens is 2. The number of nitrogens with zero attached hydrogens (tertiary/aromatic N) is 1. The smallest absolute Gasteiger partial charge is 0.340 e. The number of fused-ring (bicyclic) bond motifs is 1. The largest absolute Gasteiger partial charge is 0.433 e.